The molecule has 1 aliphatic heterocycles. The minimum absolute atomic E-state index is 0.142. The Balaban J connectivity index is 1.95. The molecule has 0 bridgehead atoms. The molecule has 0 saturated carbocycles. The number of nitrogens with one attached hydrogen (secondary N) is 2. The highest BCUT2D eigenvalue weighted by atomic mass is 79.9. The maximum atomic E-state index is 12.3. The Hall–Kier alpha value is -2.70. The Morgan fingerprint density at radius 2 is 1.97 bits per heavy atom. The molecule has 31 heavy (non-hydrogen) atoms. The summed E-state index contributed by atoms with van der Waals surface area (Å²) >= 11 is 3.39. The second kappa shape index (κ2) is 12.9. The van der Waals surface area contributed by atoms with Gasteiger partial charge in [0.1, 0.15) is 0 Å². The molecule has 1 aromatic carbocycles. The Labute approximate surface area is 188 Å². The predicted molar refractivity (Wildman–Crippen MR) is 114 cm³/mol. The molecule has 2 rings (SSSR count). The molecule has 0 radical (unpaired) electrons. The zero-order valence-corrected chi connectivity index (χ0v) is 18.9. The number of hydrogen-bond donors (Lipinski definition) is 2. The Morgan fingerprint density at radius 1 is 1.23 bits per heavy atom. The maximum Gasteiger partial charge on any atom is 0.329 e. The van der Waals surface area contributed by atoms with E-state index in [4.69, 9.17) is 18.9 Å². The summed E-state index contributed by atoms with van der Waals surface area (Å²) in [4.78, 5) is 37.2. The lowest BCUT2D eigenvalue weighted by Gasteiger charge is -2.26. The van der Waals surface area contributed by atoms with Crippen LogP contribution in [0.5, 0.6) is 11.5 Å². The number of rotatable bonds is 9. The van der Waals surface area contributed by atoms with Crippen LogP contribution in [0.2, 0.25) is 0 Å². The van der Waals surface area contributed by atoms with Crippen LogP contribution in [0.25, 0.3) is 0 Å². The van der Waals surface area contributed by atoms with Crippen molar-refractivity contribution in [3.05, 3.63) is 22.2 Å². The molecule has 1 aliphatic rings. The number of morpholine rings is 1. The van der Waals surface area contributed by atoms with Crippen LogP contribution in [-0.4, -0.2) is 89.1 Å². The number of amides is 3. The highest BCUT2D eigenvalue weighted by Gasteiger charge is 2.19. The second-order valence-corrected chi connectivity index (χ2v) is 7.12. The SMILES string of the molecule is COCCNC(=O)C(=O)N/N=C\c1cc(Br)c(OCC(=O)N2CCOCC2)c(OC)c1. The lowest BCUT2D eigenvalue weighted by atomic mass is 10.2. The average Bonchev–Trinajstić information content (AvgIpc) is 2.78. The average molecular weight is 501 g/mol. The van der Waals surface area contributed by atoms with Crippen LogP contribution >= 0.6 is 15.9 Å². The van der Waals surface area contributed by atoms with E-state index in [1.165, 1.54) is 20.4 Å². The highest BCUT2D eigenvalue weighted by Crippen LogP contribution is 2.36. The summed E-state index contributed by atoms with van der Waals surface area (Å²) in [6, 6.07) is 3.29. The molecular formula is C19H25BrN4O7. The van der Waals surface area contributed by atoms with Crippen molar-refractivity contribution in [2.24, 2.45) is 5.10 Å². The molecule has 1 fully saturated rings. The van der Waals surface area contributed by atoms with Gasteiger partial charge in [0.05, 0.1) is 37.6 Å². The van der Waals surface area contributed by atoms with Crippen LogP contribution in [0.15, 0.2) is 21.7 Å². The van der Waals surface area contributed by atoms with Crippen LogP contribution in [0.4, 0.5) is 0 Å². The third-order valence-electron chi connectivity index (χ3n) is 4.13. The fourth-order valence-electron chi connectivity index (χ4n) is 2.56. The first-order valence-electron chi connectivity index (χ1n) is 9.42. The van der Waals surface area contributed by atoms with E-state index in [9.17, 15) is 14.4 Å². The van der Waals surface area contributed by atoms with Gasteiger partial charge >= 0.3 is 11.8 Å². The molecule has 0 spiro atoms. The number of halogens is 1. The Bertz CT molecular complexity index is 813. The van der Waals surface area contributed by atoms with Crippen molar-refractivity contribution in [1.29, 1.82) is 0 Å². The fraction of sp³-hybridized carbons (Fsp3) is 0.474. The number of ether oxygens (including phenoxy) is 4. The summed E-state index contributed by atoms with van der Waals surface area (Å²) < 4.78 is 21.6. The van der Waals surface area contributed by atoms with E-state index < -0.39 is 11.8 Å². The van der Waals surface area contributed by atoms with Gasteiger partial charge in [-0.1, -0.05) is 0 Å². The van der Waals surface area contributed by atoms with Crippen LogP contribution in [0.3, 0.4) is 0 Å². The lowest BCUT2D eigenvalue weighted by molar-refractivity contribution is -0.139. The number of carbonyl (C=O) groups excluding carboxylic acids is 3. The van der Waals surface area contributed by atoms with E-state index in [1.807, 2.05) is 0 Å². The Kier molecular flexibility index (Phi) is 10.2. The summed E-state index contributed by atoms with van der Waals surface area (Å²) in [6.45, 7) is 2.46. The zero-order valence-electron chi connectivity index (χ0n) is 17.3. The van der Waals surface area contributed by atoms with Gasteiger partial charge in [-0.05, 0) is 33.6 Å². The standard InChI is InChI=1S/C19H25BrN4O7/c1-28-6-3-21-18(26)19(27)23-22-11-13-9-14(20)17(15(10-13)29-2)31-12-16(25)24-4-7-30-8-5-24/h9-11H,3-8,12H2,1-2H3,(H,21,26)(H,23,27)/b22-11-. The first kappa shape index (κ1) is 24.6. The van der Waals surface area contributed by atoms with E-state index in [-0.39, 0.29) is 19.1 Å². The van der Waals surface area contributed by atoms with Crippen molar-refractivity contribution in [1.82, 2.24) is 15.6 Å². The molecule has 3 amide bonds. The molecule has 0 unspecified atom stereocenters. The van der Waals surface area contributed by atoms with Crippen molar-refractivity contribution < 1.29 is 33.3 Å². The van der Waals surface area contributed by atoms with Gasteiger partial charge in [0.2, 0.25) is 0 Å². The van der Waals surface area contributed by atoms with Gasteiger partial charge in [-0.25, -0.2) is 5.43 Å². The van der Waals surface area contributed by atoms with Crippen molar-refractivity contribution in [2.45, 2.75) is 0 Å². The third kappa shape index (κ3) is 7.81. The largest absolute Gasteiger partial charge is 0.493 e. The van der Waals surface area contributed by atoms with Gasteiger partial charge < -0.3 is 29.2 Å². The molecule has 1 heterocycles. The molecule has 0 aromatic heterocycles. The number of methoxy groups -OCH3 is 2. The third-order valence-corrected chi connectivity index (χ3v) is 4.72. The quantitative estimate of drug-likeness (QED) is 0.210. The van der Waals surface area contributed by atoms with E-state index in [0.717, 1.165) is 0 Å². The van der Waals surface area contributed by atoms with Gasteiger partial charge in [-0.2, -0.15) is 5.10 Å². The Morgan fingerprint density at radius 3 is 2.65 bits per heavy atom. The molecule has 1 aromatic rings. The monoisotopic (exact) mass is 500 g/mol. The van der Waals surface area contributed by atoms with Crippen LogP contribution in [0.1, 0.15) is 5.56 Å². The maximum absolute atomic E-state index is 12.3. The molecule has 11 nitrogen and oxygen atoms in total. The van der Waals surface area contributed by atoms with Gasteiger partial charge in [-0.3, -0.25) is 14.4 Å². The van der Waals surface area contributed by atoms with Gasteiger partial charge in [0.15, 0.2) is 18.1 Å². The minimum Gasteiger partial charge on any atom is -0.493 e. The molecule has 0 atom stereocenters. The van der Waals surface area contributed by atoms with Crippen molar-refractivity contribution in [2.75, 3.05) is 60.3 Å². The lowest BCUT2D eigenvalue weighted by Crippen LogP contribution is -2.43. The van der Waals surface area contributed by atoms with Crippen LogP contribution in [0, 0.1) is 0 Å². The molecule has 2 N–H and O–H groups in total. The summed E-state index contributed by atoms with van der Waals surface area (Å²) in [7, 11) is 2.95. The van der Waals surface area contributed by atoms with Crippen molar-refractivity contribution >= 4 is 39.9 Å². The van der Waals surface area contributed by atoms with Gasteiger partial charge in [0.25, 0.3) is 5.91 Å². The zero-order chi connectivity index (χ0) is 22.6. The molecular weight excluding hydrogens is 476 g/mol. The summed E-state index contributed by atoms with van der Waals surface area (Å²) in [6.07, 6.45) is 1.34. The fourth-order valence-corrected chi connectivity index (χ4v) is 3.13. The first-order chi connectivity index (χ1) is 15.0. The smallest absolute Gasteiger partial charge is 0.329 e. The van der Waals surface area contributed by atoms with Crippen LogP contribution in [-0.2, 0) is 23.9 Å². The first-order valence-corrected chi connectivity index (χ1v) is 10.2. The second-order valence-electron chi connectivity index (χ2n) is 6.26. The predicted octanol–water partition coefficient (Wildman–Crippen LogP) is -0.0920. The highest BCUT2D eigenvalue weighted by molar-refractivity contribution is 9.10. The van der Waals surface area contributed by atoms with E-state index >= 15 is 0 Å². The summed E-state index contributed by atoms with van der Waals surface area (Å²) in [5.41, 5.74) is 2.70. The van der Waals surface area contributed by atoms with Crippen molar-refractivity contribution in [3.8, 4) is 11.5 Å². The number of benzene rings is 1. The molecule has 12 heteroatoms. The summed E-state index contributed by atoms with van der Waals surface area (Å²) in [5.74, 6) is -1.13. The minimum atomic E-state index is -0.903. The molecule has 170 valence electrons. The molecule has 0 aliphatic carbocycles. The van der Waals surface area contributed by atoms with Crippen molar-refractivity contribution in [3.63, 3.8) is 0 Å². The van der Waals surface area contributed by atoms with E-state index in [1.54, 1.807) is 17.0 Å². The van der Waals surface area contributed by atoms with Gasteiger partial charge in [0, 0.05) is 26.7 Å². The van der Waals surface area contributed by atoms with Gasteiger partial charge in [-0.15, -0.1) is 0 Å². The number of hydrogen-bond acceptors (Lipinski definition) is 8. The number of hydrazone groups is 1. The molecule has 1 saturated heterocycles. The normalized spacial score (nSPS) is 13.7. The van der Waals surface area contributed by atoms with Crippen LogP contribution < -0.4 is 20.2 Å². The number of carbonyl (C=O) groups is 3. The number of nitrogens with zero attached hydrogens (tertiary/aromatic N) is 2. The summed E-state index contributed by atoms with van der Waals surface area (Å²) in [5, 5.41) is 6.15. The van der Waals surface area contributed by atoms with E-state index in [2.05, 4.69) is 31.8 Å². The topological polar surface area (TPSA) is 128 Å². The van der Waals surface area contributed by atoms with E-state index in [0.29, 0.717) is 54.4 Å².